The number of methoxy groups -OCH3 is 1. The number of aromatic nitrogens is 1. The highest BCUT2D eigenvalue weighted by Gasteiger charge is 2.11. The summed E-state index contributed by atoms with van der Waals surface area (Å²) in [6.07, 6.45) is 0. The van der Waals surface area contributed by atoms with Crippen LogP contribution in [-0.4, -0.2) is 12.1 Å². The quantitative estimate of drug-likeness (QED) is 0.605. The minimum Gasteiger partial charge on any atom is -0.496 e. The van der Waals surface area contributed by atoms with Gasteiger partial charge in [-0.2, -0.15) is 0 Å². The summed E-state index contributed by atoms with van der Waals surface area (Å²) in [6.45, 7) is 0. The molecule has 0 aliphatic rings. The summed E-state index contributed by atoms with van der Waals surface area (Å²) in [6, 6.07) is 4.54. The average Bonchev–Trinajstić information content (AvgIpc) is 2.30. The van der Waals surface area contributed by atoms with Gasteiger partial charge in [-0.1, -0.05) is 11.6 Å². The lowest BCUT2D eigenvalue weighted by atomic mass is 10.1. The van der Waals surface area contributed by atoms with Crippen LogP contribution in [0.4, 0.5) is 4.39 Å². The molecular weight excluding hydrogens is 252 g/mol. The molecular formula is C11H8Cl2FNO. The highest BCUT2D eigenvalue weighted by atomic mass is 35.5. The molecule has 0 unspecified atom stereocenters. The van der Waals surface area contributed by atoms with Crippen LogP contribution in [0.15, 0.2) is 18.2 Å². The lowest BCUT2D eigenvalue weighted by molar-refractivity contribution is 0.419. The molecule has 0 aliphatic carbocycles. The highest BCUT2D eigenvalue weighted by Crippen LogP contribution is 2.30. The molecule has 1 aromatic carbocycles. The molecule has 0 atom stereocenters. The molecule has 2 rings (SSSR count). The molecule has 0 aliphatic heterocycles. The van der Waals surface area contributed by atoms with Crippen molar-refractivity contribution in [3.8, 4) is 5.75 Å². The first-order valence-electron chi connectivity index (χ1n) is 4.55. The molecule has 0 saturated carbocycles. The van der Waals surface area contributed by atoms with Gasteiger partial charge in [-0.3, -0.25) is 0 Å². The van der Waals surface area contributed by atoms with Crippen molar-refractivity contribution in [1.29, 1.82) is 0 Å². The number of pyridine rings is 1. The zero-order chi connectivity index (χ0) is 11.7. The zero-order valence-electron chi connectivity index (χ0n) is 8.43. The number of halogens is 3. The summed E-state index contributed by atoms with van der Waals surface area (Å²) in [5.74, 6) is 0.340. The third-order valence-corrected chi connectivity index (χ3v) is 2.90. The van der Waals surface area contributed by atoms with E-state index in [1.54, 1.807) is 12.1 Å². The molecule has 0 spiro atoms. The van der Waals surface area contributed by atoms with Crippen LogP contribution in [0, 0.1) is 5.82 Å². The Labute approximate surface area is 102 Å². The van der Waals surface area contributed by atoms with Crippen LogP contribution < -0.4 is 4.74 Å². The van der Waals surface area contributed by atoms with E-state index in [2.05, 4.69) is 4.98 Å². The van der Waals surface area contributed by atoms with Crippen LogP contribution in [0.5, 0.6) is 5.75 Å². The van der Waals surface area contributed by atoms with Gasteiger partial charge in [0.15, 0.2) is 0 Å². The van der Waals surface area contributed by atoms with Crippen molar-refractivity contribution in [2.45, 2.75) is 5.88 Å². The van der Waals surface area contributed by atoms with Gasteiger partial charge in [0.05, 0.1) is 13.0 Å². The van der Waals surface area contributed by atoms with Gasteiger partial charge in [0.25, 0.3) is 0 Å². The lowest BCUT2D eigenvalue weighted by Gasteiger charge is -2.08. The van der Waals surface area contributed by atoms with Crippen molar-refractivity contribution in [2.24, 2.45) is 0 Å². The molecule has 2 nitrogen and oxygen atoms in total. The molecule has 0 N–H and O–H groups in total. The van der Waals surface area contributed by atoms with Gasteiger partial charge >= 0.3 is 0 Å². The van der Waals surface area contributed by atoms with E-state index in [1.807, 2.05) is 0 Å². The number of alkyl halides is 1. The zero-order valence-corrected chi connectivity index (χ0v) is 9.94. The number of hydrogen-bond acceptors (Lipinski definition) is 2. The second-order valence-electron chi connectivity index (χ2n) is 3.22. The topological polar surface area (TPSA) is 22.1 Å². The second kappa shape index (κ2) is 4.44. The molecule has 1 heterocycles. The average molecular weight is 260 g/mol. The Morgan fingerprint density at radius 2 is 2.19 bits per heavy atom. The molecule has 0 amide bonds. The maximum absolute atomic E-state index is 13.5. The Morgan fingerprint density at radius 3 is 2.81 bits per heavy atom. The summed E-state index contributed by atoms with van der Waals surface area (Å²) in [5, 5.41) is 0.789. The van der Waals surface area contributed by atoms with Gasteiger partial charge in [0, 0.05) is 10.9 Å². The van der Waals surface area contributed by atoms with E-state index < -0.39 is 5.82 Å². The largest absolute Gasteiger partial charge is 0.496 e. The molecule has 0 bridgehead atoms. The summed E-state index contributed by atoms with van der Waals surface area (Å²) in [5.41, 5.74) is 0.845. The van der Waals surface area contributed by atoms with Crippen LogP contribution in [0.3, 0.4) is 0 Å². The molecule has 0 radical (unpaired) electrons. The lowest BCUT2D eigenvalue weighted by Crippen LogP contribution is -1.93. The van der Waals surface area contributed by atoms with Crippen LogP contribution >= 0.6 is 23.2 Å². The van der Waals surface area contributed by atoms with Crippen molar-refractivity contribution in [2.75, 3.05) is 7.11 Å². The first kappa shape index (κ1) is 11.4. The van der Waals surface area contributed by atoms with Crippen LogP contribution in [0.2, 0.25) is 5.15 Å². The minimum absolute atomic E-state index is 0.193. The Hall–Kier alpha value is -1.06. The third-order valence-electron chi connectivity index (χ3n) is 2.29. The van der Waals surface area contributed by atoms with Crippen molar-refractivity contribution < 1.29 is 9.13 Å². The predicted octanol–water partition coefficient (Wildman–Crippen LogP) is 3.77. The fourth-order valence-electron chi connectivity index (χ4n) is 1.49. The van der Waals surface area contributed by atoms with Gasteiger partial charge in [-0.05, 0) is 18.2 Å². The fraction of sp³-hybridized carbons (Fsp3) is 0.182. The summed E-state index contributed by atoms with van der Waals surface area (Å²) < 4.78 is 18.6. The van der Waals surface area contributed by atoms with Gasteiger partial charge in [0.2, 0.25) is 0 Å². The molecule has 5 heteroatoms. The van der Waals surface area contributed by atoms with E-state index in [0.717, 1.165) is 0 Å². The standard InChI is InChI=1S/C11H8Cl2FNO/c1-16-9-3-2-8(14)10-7(9)4-6(5-12)11(13)15-10/h2-4H,5H2,1H3. The van der Waals surface area contributed by atoms with E-state index in [4.69, 9.17) is 27.9 Å². The molecule has 84 valence electrons. The number of rotatable bonds is 2. The second-order valence-corrected chi connectivity index (χ2v) is 3.84. The van der Waals surface area contributed by atoms with E-state index in [0.29, 0.717) is 16.7 Å². The number of nitrogens with zero attached hydrogens (tertiary/aromatic N) is 1. The summed E-state index contributed by atoms with van der Waals surface area (Å²) >= 11 is 11.6. The number of benzene rings is 1. The van der Waals surface area contributed by atoms with Gasteiger partial charge in [-0.25, -0.2) is 9.37 Å². The van der Waals surface area contributed by atoms with E-state index in [1.165, 1.54) is 13.2 Å². The SMILES string of the molecule is COc1ccc(F)c2nc(Cl)c(CCl)cc12. The maximum Gasteiger partial charge on any atom is 0.149 e. The summed E-state index contributed by atoms with van der Waals surface area (Å²) in [4.78, 5) is 3.98. The number of hydrogen-bond donors (Lipinski definition) is 0. The Bertz CT molecular complexity index is 545. The fourth-order valence-corrected chi connectivity index (χ4v) is 1.97. The van der Waals surface area contributed by atoms with E-state index in [-0.39, 0.29) is 16.5 Å². The summed E-state index contributed by atoms with van der Waals surface area (Å²) in [7, 11) is 1.52. The predicted molar refractivity (Wildman–Crippen MR) is 62.8 cm³/mol. The number of ether oxygens (including phenoxy) is 1. The normalized spacial score (nSPS) is 10.8. The molecule has 0 saturated heterocycles. The smallest absolute Gasteiger partial charge is 0.149 e. The highest BCUT2D eigenvalue weighted by molar-refractivity contribution is 6.31. The maximum atomic E-state index is 13.5. The van der Waals surface area contributed by atoms with Gasteiger partial charge < -0.3 is 4.74 Å². The molecule has 16 heavy (non-hydrogen) atoms. The minimum atomic E-state index is -0.432. The van der Waals surface area contributed by atoms with Crippen molar-refractivity contribution in [3.05, 3.63) is 34.7 Å². The van der Waals surface area contributed by atoms with Crippen molar-refractivity contribution in [3.63, 3.8) is 0 Å². The first-order valence-corrected chi connectivity index (χ1v) is 5.46. The third kappa shape index (κ3) is 1.81. The number of fused-ring (bicyclic) bond motifs is 1. The van der Waals surface area contributed by atoms with Crippen molar-refractivity contribution >= 4 is 34.1 Å². The van der Waals surface area contributed by atoms with Crippen molar-refractivity contribution in [1.82, 2.24) is 4.98 Å². The van der Waals surface area contributed by atoms with E-state index >= 15 is 0 Å². The molecule has 2 aromatic rings. The Kier molecular flexibility index (Phi) is 3.17. The first-order chi connectivity index (χ1) is 7.67. The van der Waals surface area contributed by atoms with Crippen LogP contribution in [0.25, 0.3) is 10.9 Å². The van der Waals surface area contributed by atoms with Gasteiger partial charge in [0.1, 0.15) is 22.2 Å². The Balaban J connectivity index is 2.83. The Morgan fingerprint density at radius 1 is 1.44 bits per heavy atom. The van der Waals surface area contributed by atoms with E-state index in [9.17, 15) is 4.39 Å². The van der Waals surface area contributed by atoms with Crippen LogP contribution in [-0.2, 0) is 5.88 Å². The van der Waals surface area contributed by atoms with Crippen LogP contribution in [0.1, 0.15) is 5.56 Å². The molecule has 1 aromatic heterocycles. The monoisotopic (exact) mass is 259 g/mol. The van der Waals surface area contributed by atoms with Gasteiger partial charge in [-0.15, -0.1) is 11.6 Å². The molecule has 0 fully saturated rings.